The molecule has 1 N–H and O–H groups in total. The second-order valence-electron chi connectivity index (χ2n) is 7.32. The molecule has 6 heteroatoms. The molecule has 0 atom stereocenters. The highest BCUT2D eigenvalue weighted by Gasteiger charge is 2.17. The number of benzene rings is 2. The minimum atomic E-state index is -0.211. The maximum Gasteiger partial charge on any atom is 0.262 e. The first-order chi connectivity index (χ1) is 14.0. The van der Waals surface area contributed by atoms with Crippen molar-refractivity contribution in [3.63, 3.8) is 0 Å². The van der Waals surface area contributed by atoms with E-state index in [2.05, 4.69) is 10.2 Å². The van der Waals surface area contributed by atoms with Crippen molar-refractivity contribution in [2.24, 2.45) is 0 Å². The fourth-order valence-electron chi connectivity index (χ4n) is 3.53. The van der Waals surface area contributed by atoms with E-state index >= 15 is 0 Å². The van der Waals surface area contributed by atoms with Gasteiger partial charge in [-0.3, -0.25) is 4.79 Å². The van der Waals surface area contributed by atoms with E-state index in [0.29, 0.717) is 11.5 Å². The highest BCUT2D eigenvalue weighted by Crippen LogP contribution is 2.29. The van der Waals surface area contributed by atoms with E-state index in [1.165, 1.54) is 19.3 Å². The van der Waals surface area contributed by atoms with E-state index < -0.39 is 0 Å². The van der Waals surface area contributed by atoms with Gasteiger partial charge in [-0.25, -0.2) is 0 Å². The molecule has 0 aromatic heterocycles. The van der Waals surface area contributed by atoms with Crippen molar-refractivity contribution in [1.29, 1.82) is 0 Å². The molecule has 0 spiro atoms. The van der Waals surface area contributed by atoms with Gasteiger partial charge in [0, 0.05) is 24.3 Å². The molecule has 0 saturated carbocycles. The Morgan fingerprint density at radius 3 is 2.41 bits per heavy atom. The third-order valence-electron chi connectivity index (χ3n) is 5.16. The summed E-state index contributed by atoms with van der Waals surface area (Å²) < 4.78 is 11.2. The van der Waals surface area contributed by atoms with Gasteiger partial charge >= 0.3 is 0 Å². The number of aryl methyl sites for hydroxylation is 2. The van der Waals surface area contributed by atoms with Gasteiger partial charge in [-0.15, -0.1) is 0 Å². The zero-order valence-corrected chi connectivity index (χ0v) is 18.1. The SMILES string of the molecule is COc1cc(C(=S)N2CCCCC2)ccc1OCC(=O)Nc1c(C)cccc1C. The molecule has 2 aromatic carbocycles. The summed E-state index contributed by atoms with van der Waals surface area (Å²) in [6, 6.07) is 11.5. The molecule has 1 fully saturated rings. The highest BCUT2D eigenvalue weighted by atomic mass is 32.1. The van der Waals surface area contributed by atoms with Crippen LogP contribution in [0.1, 0.15) is 36.0 Å². The number of thiocarbonyl (C=S) groups is 1. The molecule has 5 nitrogen and oxygen atoms in total. The lowest BCUT2D eigenvalue weighted by atomic mass is 10.1. The fraction of sp³-hybridized carbons (Fsp3) is 0.391. The van der Waals surface area contributed by atoms with Crippen LogP contribution in [0.15, 0.2) is 36.4 Å². The van der Waals surface area contributed by atoms with Crippen LogP contribution in [0.2, 0.25) is 0 Å². The molecule has 1 heterocycles. The quantitative estimate of drug-likeness (QED) is 0.709. The molecule has 1 aliphatic rings. The molecule has 0 aliphatic carbocycles. The number of rotatable bonds is 6. The lowest BCUT2D eigenvalue weighted by Gasteiger charge is -2.29. The summed E-state index contributed by atoms with van der Waals surface area (Å²) in [6.07, 6.45) is 3.61. The molecule has 0 unspecified atom stereocenters. The predicted octanol–water partition coefficient (Wildman–Crippen LogP) is 4.49. The number of para-hydroxylation sites is 1. The third kappa shape index (κ3) is 5.26. The van der Waals surface area contributed by atoms with E-state index in [0.717, 1.165) is 40.5 Å². The summed E-state index contributed by atoms with van der Waals surface area (Å²) in [5.41, 5.74) is 3.80. The van der Waals surface area contributed by atoms with Crippen molar-refractivity contribution >= 4 is 28.8 Å². The first-order valence-electron chi connectivity index (χ1n) is 9.96. The van der Waals surface area contributed by atoms with Crippen molar-refractivity contribution in [3.8, 4) is 11.5 Å². The van der Waals surface area contributed by atoms with E-state index in [9.17, 15) is 4.79 Å². The summed E-state index contributed by atoms with van der Waals surface area (Å²) >= 11 is 5.66. The van der Waals surface area contributed by atoms with E-state index in [1.807, 2.05) is 50.2 Å². The van der Waals surface area contributed by atoms with Gasteiger partial charge in [-0.1, -0.05) is 30.4 Å². The van der Waals surface area contributed by atoms with Crippen LogP contribution in [-0.2, 0) is 4.79 Å². The summed E-state index contributed by atoms with van der Waals surface area (Å²) in [7, 11) is 1.59. The van der Waals surface area contributed by atoms with Crippen LogP contribution >= 0.6 is 12.2 Å². The number of ether oxygens (including phenoxy) is 2. The average Bonchev–Trinajstić information content (AvgIpc) is 2.75. The van der Waals surface area contributed by atoms with Crippen LogP contribution in [0, 0.1) is 13.8 Å². The molecule has 29 heavy (non-hydrogen) atoms. The number of carbonyl (C=O) groups is 1. The molecule has 3 rings (SSSR count). The lowest BCUT2D eigenvalue weighted by molar-refractivity contribution is -0.118. The minimum Gasteiger partial charge on any atom is -0.493 e. The first-order valence-corrected chi connectivity index (χ1v) is 10.4. The minimum absolute atomic E-state index is 0.0972. The second kappa shape index (κ2) is 9.74. The third-order valence-corrected chi connectivity index (χ3v) is 5.65. The van der Waals surface area contributed by atoms with Crippen LogP contribution in [0.25, 0.3) is 0 Å². The van der Waals surface area contributed by atoms with Crippen molar-refractivity contribution < 1.29 is 14.3 Å². The van der Waals surface area contributed by atoms with Crippen LogP contribution in [0.5, 0.6) is 11.5 Å². The van der Waals surface area contributed by atoms with Gasteiger partial charge in [0.1, 0.15) is 4.99 Å². The maximum atomic E-state index is 12.4. The number of likely N-dealkylation sites (tertiary alicyclic amines) is 1. The van der Waals surface area contributed by atoms with Crippen LogP contribution in [0.4, 0.5) is 5.69 Å². The Balaban J connectivity index is 1.64. The summed E-state index contributed by atoms with van der Waals surface area (Å²) in [6.45, 7) is 5.84. The first kappa shape index (κ1) is 21.1. The van der Waals surface area contributed by atoms with Crippen molar-refractivity contribution in [2.75, 3.05) is 32.1 Å². The Morgan fingerprint density at radius 1 is 1.07 bits per heavy atom. The smallest absolute Gasteiger partial charge is 0.262 e. The number of hydrogen-bond donors (Lipinski definition) is 1. The molecule has 2 aromatic rings. The van der Waals surface area contributed by atoms with Gasteiger partial charge < -0.3 is 19.7 Å². The van der Waals surface area contributed by atoms with Crippen LogP contribution in [-0.4, -0.2) is 42.6 Å². The summed E-state index contributed by atoms with van der Waals surface area (Å²) in [5, 5.41) is 2.93. The Bertz CT molecular complexity index is 871. The number of hydrogen-bond acceptors (Lipinski definition) is 4. The fourth-order valence-corrected chi connectivity index (χ4v) is 3.84. The van der Waals surface area contributed by atoms with E-state index in [-0.39, 0.29) is 12.5 Å². The van der Waals surface area contributed by atoms with Crippen LogP contribution < -0.4 is 14.8 Å². The zero-order valence-electron chi connectivity index (χ0n) is 17.3. The number of amides is 1. The zero-order chi connectivity index (χ0) is 20.8. The molecule has 154 valence electrons. The van der Waals surface area contributed by atoms with Crippen molar-refractivity contribution in [1.82, 2.24) is 4.90 Å². The monoisotopic (exact) mass is 412 g/mol. The number of anilines is 1. The van der Waals surface area contributed by atoms with Crippen molar-refractivity contribution in [3.05, 3.63) is 53.1 Å². The van der Waals surface area contributed by atoms with Crippen molar-refractivity contribution in [2.45, 2.75) is 33.1 Å². The number of nitrogens with zero attached hydrogens (tertiary/aromatic N) is 1. The lowest BCUT2D eigenvalue weighted by Crippen LogP contribution is -2.34. The van der Waals surface area contributed by atoms with Gasteiger partial charge in [0.15, 0.2) is 18.1 Å². The Morgan fingerprint density at radius 2 is 1.76 bits per heavy atom. The van der Waals surface area contributed by atoms with E-state index in [1.54, 1.807) is 7.11 Å². The molecule has 1 amide bonds. The average molecular weight is 413 g/mol. The topological polar surface area (TPSA) is 50.8 Å². The largest absolute Gasteiger partial charge is 0.493 e. The van der Waals surface area contributed by atoms with Crippen LogP contribution in [0.3, 0.4) is 0 Å². The van der Waals surface area contributed by atoms with Gasteiger partial charge in [0.2, 0.25) is 0 Å². The summed E-state index contributed by atoms with van der Waals surface area (Å²) in [4.78, 5) is 15.4. The van der Waals surface area contributed by atoms with Gasteiger partial charge in [-0.2, -0.15) is 0 Å². The molecular formula is C23H28N2O3S. The number of carbonyl (C=O) groups excluding carboxylic acids is 1. The number of nitrogens with one attached hydrogen (secondary N) is 1. The van der Waals surface area contributed by atoms with E-state index in [4.69, 9.17) is 21.7 Å². The molecule has 1 saturated heterocycles. The number of piperidine rings is 1. The molecule has 1 aliphatic heterocycles. The Labute approximate surface area is 178 Å². The number of methoxy groups -OCH3 is 1. The Hall–Kier alpha value is -2.60. The summed E-state index contributed by atoms with van der Waals surface area (Å²) in [5.74, 6) is 0.883. The van der Waals surface area contributed by atoms with Gasteiger partial charge in [0.25, 0.3) is 5.91 Å². The van der Waals surface area contributed by atoms with Gasteiger partial charge in [-0.05, 0) is 62.4 Å². The maximum absolute atomic E-state index is 12.4. The molecule has 0 bridgehead atoms. The Kier molecular flexibility index (Phi) is 7.09. The second-order valence-corrected chi connectivity index (χ2v) is 7.71. The molecule has 0 radical (unpaired) electrons. The predicted molar refractivity (Wildman–Crippen MR) is 120 cm³/mol. The van der Waals surface area contributed by atoms with Gasteiger partial charge in [0.05, 0.1) is 7.11 Å². The highest BCUT2D eigenvalue weighted by molar-refractivity contribution is 7.80. The molecular weight excluding hydrogens is 384 g/mol. The normalized spacial score (nSPS) is 13.7. The standard InChI is InChI=1S/C23H28N2O3S/c1-16-8-7-9-17(2)22(16)24-21(26)15-28-19-11-10-18(14-20(19)27-3)23(29)25-12-5-4-6-13-25/h7-11,14H,4-6,12-13,15H2,1-3H3,(H,24,26).